The smallest absolute Gasteiger partial charge is 0.272 e. The molecular weight excluding hydrogens is 435 g/mol. The van der Waals surface area contributed by atoms with Gasteiger partial charge in [-0.15, -0.1) is 0 Å². The van der Waals surface area contributed by atoms with Crippen LogP contribution in [-0.4, -0.2) is 17.2 Å². The molecule has 0 aliphatic heterocycles. The maximum absolute atomic E-state index is 11.9. The first-order chi connectivity index (χ1) is 9.58. The molecule has 0 saturated heterocycles. The molecule has 0 unspecified atom stereocenters. The van der Waals surface area contributed by atoms with Crippen LogP contribution in [0.2, 0.25) is 0 Å². The molecule has 0 heterocycles. The number of carbonyl (C=O) groups is 1. The summed E-state index contributed by atoms with van der Waals surface area (Å²) in [6, 6.07) is 12.2. The lowest BCUT2D eigenvalue weighted by atomic mass is 10.2. The van der Waals surface area contributed by atoms with Gasteiger partial charge in [-0.2, -0.15) is 5.10 Å². The molecule has 0 bridgehead atoms. The minimum atomic E-state index is -0.290. The maximum Gasteiger partial charge on any atom is 0.272 e. The first-order valence-electron chi connectivity index (χ1n) is 5.64. The van der Waals surface area contributed by atoms with Gasteiger partial charge in [0.2, 0.25) is 0 Å². The van der Waals surface area contributed by atoms with Gasteiger partial charge in [-0.05, 0) is 74.4 Å². The molecular formula is C14H10BrIN2O2. The number of phenolic OH excluding ortho intramolecular Hbond substituents is 1. The van der Waals surface area contributed by atoms with E-state index in [-0.39, 0.29) is 11.7 Å². The Balaban J connectivity index is 2.05. The Bertz CT molecular complexity index is 674. The lowest BCUT2D eigenvalue weighted by molar-refractivity contribution is 0.0954. The van der Waals surface area contributed by atoms with Gasteiger partial charge >= 0.3 is 0 Å². The van der Waals surface area contributed by atoms with Crippen molar-refractivity contribution in [3.63, 3.8) is 0 Å². The number of benzene rings is 2. The first kappa shape index (κ1) is 15.0. The van der Waals surface area contributed by atoms with E-state index in [9.17, 15) is 9.90 Å². The van der Waals surface area contributed by atoms with Gasteiger partial charge in [-0.25, -0.2) is 5.43 Å². The Morgan fingerprint density at radius 2 is 2.05 bits per heavy atom. The van der Waals surface area contributed by atoms with Crippen molar-refractivity contribution in [3.8, 4) is 5.75 Å². The number of amides is 1. The fraction of sp³-hybridized carbons (Fsp3) is 0. The molecule has 2 rings (SSSR count). The number of nitrogens with zero attached hydrogens (tertiary/aromatic N) is 1. The molecule has 0 aromatic heterocycles. The minimum Gasteiger partial charge on any atom is -0.507 e. The molecule has 0 aliphatic rings. The Labute approximate surface area is 138 Å². The van der Waals surface area contributed by atoms with E-state index in [1.165, 1.54) is 6.21 Å². The van der Waals surface area contributed by atoms with Crippen molar-refractivity contribution in [1.29, 1.82) is 0 Å². The van der Waals surface area contributed by atoms with Crippen LogP contribution in [0.25, 0.3) is 0 Å². The number of halogens is 2. The molecule has 0 saturated carbocycles. The molecule has 1 amide bonds. The summed E-state index contributed by atoms with van der Waals surface area (Å²) in [4.78, 5) is 11.9. The van der Waals surface area contributed by atoms with Gasteiger partial charge in [0.15, 0.2) is 0 Å². The van der Waals surface area contributed by atoms with Crippen LogP contribution in [0.1, 0.15) is 15.9 Å². The highest BCUT2D eigenvalue weighted by atomic mass is 127. The van der Waals surface area contributed by atoms with E-state index in [1.807, 2.05) is 28.7 Å². The topological polar surface area (TPSA) is 61.7 Å². The number of nitrogens with one attached hydrogen (secondary N) is 1. The van der Waals surface area contributed by atoms with Crippen LogP contribution in [0.15, 0.2) is 52.0 Å². The molecule has 102 valence electrons. The molecule has 6 heteroatoms. The lowest BCUT2D eigenvalue weighted by Gasteiger charge is -2.02. The monoisotopic (exact) mass is 444 g/mol. The van der Waals surface area contributed by atoms with E-state index in [0.717, 1.165) is 9.13 Å². The summed E-state index contributed by atoms with van der Waals surface area (Å²) in [7, 11) is 0. The lowest BCUT2D eigenvalue weighted by Crippen LogP contribution is -2.18. The van der Waals surface area contributed by atoms with Crippen molar-refractivity contribution in [3.05, 3.63) is 61.6 Å². The molecule has 2 aromatic rings. The predicted octanol–water partition coefficient (Wildman–Crippen LogP) is 3.52. The summed E-state index contributed by atoms with van der Waals surface area (Å²) in [5.41, 5.74) is 3.77. The van der Waals surface area contributed by atoms with E-state index in [2.05, 4.69) is 26.5 Å². The van der Waals surface area contributed by atoms with Crippen LogP contribution >= 0.6 is 38.5 Å². The summed E-state index contributed by atoms with van der Waals surface area (Å²) < 4.78 is 1.44. The van der Waals surface area contributed by atoms with Crippen molar-refractivity contribution >= 4 is 50.6 Å². The van der Waals surface area contributed by atoms with Gasteiger partial charge in [0.05, 0.1) is 15.3 Å². The summed E-state index contributed by atoms with van der Waals surface area (Å²) >= 11 is 5.33. The Morgan fingerprint density at radius 3 is 2.75 bits per heavy atom. The van der Waals surface area contributed by atoms with Crippen LogP contribution in [0.4, 0.5) is 0 Å². The molecule has 0 fully saturated rings. The van der Waals surface area contributed by atoms with Crippen LogP contribution < -0.4 is 5.43 Å². The largest absolute Gasteiger partial charge is 0.507 e. The number of aromatic hydroxyl groups is 1. The van der Waals surface area contributed by atoms with Gasteiger partial charge in [-0.1, -0.05) is 12.1 Å². The van der Waals surface area contributed by atoms with Gasteiger partial charge < -0.3 is 5.11 Å². The number of carbonyl (C=O) groups excluding carboxylic acids is 1. The predicted molar refractivity (Wildman–Crippen MR) is 90.0 cm³/mol. The van der Waals surface area contributed by atoms with Crippen molar-refractivity contribution in [1.82, 2.24) is 5.43 Å². The number of rotatable bonds is 3. The third-order valence-corrected chi connectivity index (χ3v) is 4.03. The van der Waals surface area contributed by atoms with Crippen molar-refractivity contribution in [2.45, 2.75) is 0 Å². The molecule has 2 N–H and O–H groups in total. The van der Waals surface area contributed by atoms with Crippen molar-refractivity contribution in [2.75, 3.05) is 0 Å². The zero-order chi connectivity index (χ0) is 14.5. The molecule has 4 nitrogen and oxygen atoms in total. The fourth-order valence-corrected chi connectivity index (χ4v) is 2.48. The minimum absolute atomic E-state index is 0.222. The van der Waals surface area contributed by atoms with Gasteiger partial charge in [0.25, 0.3) is 5.91 Å². The third-order valence-electron chi connectivity index (χ3n) is 2.47. The molecule has 0 radical (unpaired) electrons. The number of phenols is 1. The van der Waals surface area contributed by atoms with E-state index in [4.69, 9.17) is 0 Å². The Morgan fingerprint density at radius 1 is 1.30 bits per heavy atom. The molecule has 0 atom stereocenters. The highest BCUT2D eigenvalue weighted by Crippen LogP contribution is 2.19. The number of hydrogen-bond acceptors (Lipinski definition) is 3. The van der Waals surface area contributed by atoms with E-state index in [1.54, 1.807) is 36.4 Å². The SMILES string of the molecule is O=C(N/N=C\c1ccc(O)c(I)c1)c1ccccc1Br. The van der Waals surface area contributed by atoms with Gasteiger partial charge in [-0.3, -0.25) is 4.79 Å². The average molecular weight is 445 g/mol. The Kier molecular flexibility index (Phi) is 5.13. The van der Waals surface area contributed by atoms with Crippen molar-refractivity contribution < 1.29 is 9.90 Å². The summed E-state index contributed by atoms with van der Waals surface area (Å²) in [5, 5.41) is 13.3. The Hall–Kier alpha value is -1.41. The fourth-order valence-electron chi connectivity index (χ4n) is 1.47. The average Bonchev–Trinajstić information content (AvgIpc) is 2.43. The second-order valence-electron chi connectivity index (χ2n) is 3.89. The summed E-state index contributed by atoms with van der Waals surface area (Å²) in [6.07, 6.45) is 1.52. The molecule has 0 aliphatic carbocycles. The quantitative estimate of drug-likeness (QED) is 0.432. The highest BCUT2D eigenvalue weighted by Gasteiger charge is 2.07. The zero-order valence-electron chi connectivity index (χ0n) is 10.2. The van der Waals surface area contributed by atoms with Gasteiger partial charge in [0.1, 0.15) is 5.75 Å². The standard InChI is InChI=1S/C14H10BrIN2O2/c15-11-4-2-1-3-10(11)14(20)18-17-8-9-5-6-13(19)12(16)7-9/h1-8,19H,(H,18,20)/b17-8-. The van der Waals surface area contributed by atoms with Crippen molar-refractivity contribution in [2.24, 2.45) is 5.10 Å². The highest BCUT2D eigenvalue weighted by molar-refractivity contribution is 14.1. The van der Waals surface area contributed by atoms with Crippen LogP contribution in [0.3, 0.4) is 0 Å². The second kappa shape index (κ2) is 6.85. The third kappa shape index (κ3) is 3.80. The first-order valence-corrected chi connectivity index (χ1v) is 7.51. The zero-order valence-corrected chi connectivity index (χ0v) is 13.9. The number of hydrogen-bond donors (Lipinski definition) is 2. The van der Waals surface area contributed by atoms with E-state index >= 15 is 0 Å². The van der Waals surface area contributed by atoms with E-state index in [0.29, 0.717) is 10.0 Å². The number of hydrazone groups is 1. The normalized spacial score (nSPS) is 10.7. The summed E-state index contributed by atoms with van der Waals surface area (Å²) in [5.74, 6) is -0.0674. The van der Waals surface area contributed by atoms with Gasteiger partial charge in [0, 0.05) is 4.47 Å². The maximum atomic E-state index is 11.9. The van der Waals surface area contributed by atoms with Crippen LogP contribution in [0.5, 0.6) is 5.75 Å². The van der Waals surface area contributed by atoms with Crippen LogP contribution in [-0.2, 0) is 0 Å². The van der Waals surface area contributed by atoms with E-state index < -0.39 is 0 Å². The van der Waals surface area contributed by atoms with Crippen LogP contribution in [0, 0.1) is 3.57 Å². The molecule has 20 heavy (non-hydrogen) atoms. The molecule has 0 spiro atoms. The molecule has 2 aromatic carbocycles. The summed E-state index contributed by atoms with van der Waals surface area (Å²) in [6.45, 7) is 0. The second-order valence-corrected chi connectivity index (χ2v) is 5.91.